The van der Waals surface area contributed by atoms with Gasteiger partial charge in [0.2, 0.25) is 5.91 Å². The summed E-state index contributed by atoms with van der Waals surface area (Å²) in [5, 5.41) is 15.7. The molecule has 0 spiro atoms. The predicted octanol–water partition coefficient (Wildman–Crippen LogP) is 1.27. The van der Waals surface area contributed by atoms with Crippen LogP contribution < -0.4 is 10.6 Å². The summed E-state index contributed by atoms with van der Waals surface area (Å²) in [6.45, 7) is 0.519. The Kier molecular flexibility index (Phi) is 5.62. The molecule has 1 amide bonds. The van der Waals surface area contributed by atoms with Gasteiger partial charge >= 0.3 is 0 Å². The molecule has 3 N–H and O–H groups in total. The van der Waals surface area contributed by atoms with Crippen LogP contribution in [0.4, 0.5) is 0 Å². The molecule has 2 fully saturated rings. The van der Waals surface area contributed by atoms with Crippen molar-refractivity contribution in [1.29, 1.82) is 0 Å². The first kappa shape index (κ1) is 16.3. The Balaban J connectivity index is 0.00000161. The van der Waals surface area contributed by atoms with Crippen LogP contribution in [0.1, 0.15) is 24.8 Å². The number of hydrogen-bond donors (Lipinski definition) is 3. The van der Waals surface area contributed by atoms with Crippen molar-refractivity contribution in [2.24, 2.45) is 5.92 Å². The van der Waals surface area contributed by atoms with Crippen LogP contribution in [0.2, 0.25) is 0 Å². The van der Waals surface area contributed by atoms with Gasteiger partial charge in [0.15, 0.2) is 0 Å². The SMILES string of the molecule is Cl.O=C(NC(Cc1ccccc1)C1CC1)C1CC(O)CN1. The molecular weight excluding hydrogens is 288 g/mol. The summed E-state index contributed by atoms with van der Waals surface area (Å²) in [4.78, 5) is 12.2. The Morgan fingerprint density at radius 3 is 2.62 bits per heavy atom. The number of hydrogen-bond acceptors (Lipinski definition) is 3. The maximum atomic E-state index is 12.2. The van der Waals surface area contributed by atoms with Crippen LogP contribution in [0.25, 0.3) is 0 Å². The molecule has 0 aromatic heterocycles. The van der Waals surface area contributed by atoms with E-state index in [1.807, 2.05) is 18.2 Å². The second kappa shape index (κ2) is 7.25. The lowest BCUT2D eigenvalue weighted by Crippen LogP contribution is -2.46. The van der Waals surface area contributed by atoms with E-state index in [9.17, 15) is 9.90 Å². The van der Waals surface area contributed by atoms with Crippen molar-refractivity contribution in [3.63, 3.8) is 0 Å². The summed E-state index contributed by atoms with van der Waals surface area (Å²) in [7, 11) is 0. The maximum absolute atomic E-state index is 12.2. The molecule has 3 unspecified atom stereocenters. The molecule has 4 nitrogen and oxygen atoms in total. The van der Waals surface area contributed by atoms with Gasteiger partial charge in [-0.3, -0.25) is 4.79 Å². The van der Waals surface area contributed by atoms with E-state index in [-0.39, 0.29) is 36.5 Å². The highest BCUT2D eigenvalue weighted by atomic mass is 35.5. The lowest BCUT2D eigenvalue weighted by atomic mass is 10.0. The molecule has 2 aliphatic rings. The molecule has 1 aliphatic heterocycles. The summed E-state index contributed by atoms with van der Waals surface area (Å²) in [6.07, 6.45) is 3.44. The van der Waals surface area contributed by atoms with E-state index in [1.54, 1.807) is 0 Å². The Morgan fingerprint density at radius 2 is 2.05 bits per heavy atom. The summed E-state index contributed by atoms with van der Waals surface area (Å²) >= 11 is 0. The molecule has 0 bridgehead atoms. The van der Waals surface area contributed by atoms with Crippen LogP contribution in [0.3, 0.4) is 0 Å². The van der Waals surface area contributed by atoms with Crippen molar-refractivity contribution < 1.29 is 9.90 Å². The van der Waals surface area contributed by atoms with E-state index in [0.29, 0.717) is 18.9 Å². The number of rotatable bonds is 5. The second-order valence-electron chi connectivity index (χ2n) is 5.99. The average molecular weight is 311 g/mol. The molecule has 1 aliphatic carbocycles. The van der Waals surface area contributed by atoms with Gasteiger partial charge in [-0.2, -0.15) is 0 Å². The molecule has 5 heteroatoms. The summed E-state index contributed by atoms with van der Waals surface area (Å²) in [6, 6.07) is 10.3. The third-order valence-corrected chi connectivity index (χ3v) is 4.24. The third-order valence-electron chi connectivity index (χ3n) is 4.24. The molecule has 3 atom stereocenters. The minimum atomic E-state index is -0.390. The van der Waals surface area contributed by atoms with Crippen molar-refractivity contribution in [2.75, 3.05) is 6.54 Å². The van der Waals surface area contributed by atoms with Crippen molar-refractivity contribution in [2.45, 2.75) is 43.9 Å². The van der Waals surface area contributed by atoms with Gasteiger partial charge in [0, 0.05) is 12.6 Å². The fraction of sp³-hybridized carbons (Fsp3) is 0.562. The number of amides is 1. The number of aliphatic hydroxyl groups is 1. The summed E-state index contributed by atoms with van der Waals surface area (Å²) in [5.41, 5.74) is 1.27. The summed E-state index contributed by atoms with van der Waals surface area (Å²) in [5.74, 6) is 0.653. The van der Waals surface area contributed by atoms with Gasteiger partial charge in [-0.1, -0.05) is 30.3 Å². The van der Waals surface area contributed by atoms with Crippen LogP contribution in [0.15, 0.2) is 30.3 Å². The van der Waals surface area contributed by atoms with Gasteiger partial charge in [0.05, 0.1) is 12.1 Å². The van der Waals surface area contributed by atoms with E-state index in [2.05, 4.69) is 22.8 Å². The number of nitrogens with one attached hydrogen (secondary N) is 2. The normalized spacial score (nSPS) is 26.0. The third kappa shape index (κ3) is 4.43. The first-order valence-electron chi connectivity index (χ1n) is 7.48. The molecule has 0 radical (unpaired) electrons. The molecule has 21 heavy (non-hydrogen) atoms. The zero-order chi connectivity index (χ0) is 13.9. The highest BCUT2D eigenvalue weighted by Gasteiger charge is 2.35. The highest BCUT2D eigenvalue weighted by molar-refractivity contribution is 5.85. The molecule has 1 heterocycles. The monoisotopic (exact) mass is 310 g/mol. The molecule has 1 aromatic rings. The van der Waals surface area contributed by atoms with Crippen LogP contribution in [0.5, 0.6) is 0 Å². The Morgan fingerprint density at radius 1 is 1.33 bits per heavy atom. The fourth-order valence-corrected chi connectivity index (χ4v) is 2.90. The Labute approximate surface area is 131 Å². The van der Waals surface area contributed by atoms with E-state index in [1.165, 1.54) is 18.4 Å². The molecular formula is C16H23ClN2O2. The number of β-amino-alcohol motifs (C(OH)–C–C–N with tert-alkyl or cyclic N) is 1. The number of benzene rings is 1. The Bertz CT molecular complexity index is 465. The number of aliphatic hydroxyl groups excluding tert-OH is 1. The largest absolute Gasteiger partial charge is 0.392 e. The molecule has 1 aromatic carbocycles. The van der Waals surface area contributed by atoms with Crippen LogP contribution in [-0.4, -0.2) is 35.7 Å². The second-order valence-corrected chi connectivity index (χ2v) is 5.99. The molecule has 116 valence electrons. The lowest BCUT2D eigenvalue weighted by molar-refractivity contribution is -0.123. The van der Waals surface area contributed by atoms with Crippen LogP contribution in [-0.2, 0) is 11.2 Å². The molecule has 1 saturated heterocycles. The Hall–Kier alpha value is -1.10. The van der Waals surface area contributed by atoms with Gasteiger partial charge in [0.25, 0.3) is 0 Å². The first-order chi connectivity index (χ1) is 9.72. The van der Waals surface area contributed by atoms with E-state index < -0.39 is 0 Å². The smallest absolute Gasteiger partial charge is 0.237 e. The van der Waals surface area contributed by atoms with Crippen molar-refractivity contribution >= 4 is 18.3 Å². The van der Waals surface area contributed by atoms with E-state index >= 15 is 0 Å². The standard InChI is InChI=1S/C16H22N2O2.ClH/c19-13-9-15(17-10-13)16(20)18-14(12-6-7-12)8-11-4-2-1-3-5-11;/h1-5,12-15,17,19H,6-10H2,(H,18,20);1H. The van der Waals surface area contributed by atoms with E-state index in [4.69, 9.17) is 0 Å². The molecule has 3 rings (SSSR count). The van der Waals surface area contributed by atoms with Gasteiger partial charge < -0.3 is 15.7 Å². The average Bonchev–Trinajstić information content (AvgIpc) is 3.21. The number of carbonyl (C=O) groups is 1. The minimum absolute atomic E-state index is 0. The minimum Gasteiger partial charge on any atom is -0.392 e. The highest BCUT2D eigenvalue weighted by Crippen LogP contribution is 2.34. The van der Waals surface area contributed by atoms with Crippen LogP contribution >= 0.6 is 12.4 Å². The molecule has 1 saturated carbocycles. The van der Waals surface area contributed by atoms with Crippen molar-refractivity contribution in [1.82, 2.24) is 10.6 Å². The number of halogens is 1. The van der Waals surface area contributed by atoms with E-state index in [0.717, 1.165) is 6.42 Å². The predicted molar refractivity (Wildman–Crippen MR) is 84.5 cm³/mol. The quantitative estimate of drug-likeness (QED) is 0.767. The van der Waals surface area contributed by atoms with Gasteiger partial charge in [-0.25, -0.2) is 0 Å². The zero-order valence-corrected chi connectivity index (χ0v) is 12.8. The van der Waals surface area contributed by atoms with Crippen LogP contribution in [0, 0.1) is 5.92 Å². The first-order valence-corrected chi connectivity index (χ1v) is 7.48. The van der Waals surface area contributed by atoms with Gasteiger partial charge in [-0.05, 0) is 37.2 Å². The fourth-order valence-electron chi connectivity index (χ4n) is 2.90. The van der Waals surface area contributed by atoms with Gasteiger partial charge in [-0.15, -0.1) is 12.4 Å². The zero-order valence-electron chi connectivity index (χ0n) is 12.0. The number of carbonyl (C=O) groups excluding carboxylic acids is 1. The van der Waals surface area contributed by atoms with Gasteiger partial charge in [0.1, 0.15) is 0 Å². The van der Waals surface area contributed by atoms with Crippen molar-refractivity contribution in [3.8, 4) is 0 Å². The topological polar surface area (TPSA) is 61.4 Å². The van der Waals surface area contributed by atoms with Crippen molar-refractivity contribution in [3.05, 3.63) is 35.9 Å². The summed E-state index contributed by atoms with van der Waals surface area (Å²) < 4.78 is 0. The lowest BCUT2D eigenvalue weighted by Gasteiger charge is -2.21. The maximum Gasteiger partial charge on any atom is 0.237 e.